The molecule has 10 heteroatoms. The van der Waals surface area contributed by atoms with Crippen LogP contribution in [0.15, 0.2) is 41.5 Å². The zero-order chi connectivity index (χ0) is 23.9. The number of pyridine rings is 2. The predicted molar refractivity (Wildman–Crippen MR) is 112 cm³/mol. The summed E-state index contributed by atoms with van der Waals surface area (Å²) in [5.41, 5.74) is 6.18. The molecule has 1 unspecified atom stereocenters. The van der Waals surface area contributed by atoms with Gasteiger partial charge in [-0.1, -0.05) is 6.07 Å². The lowest BCUT2D eigenvalue weighted by molar-refractivity contribution is -0.0385. The third-order valence-electron chi connectivity index (χ3n) is 6.28. The number of nitrogens with one attached hydrogen (secondary N) is 1. The molecule has 2 aliphatic rings. The Bertz CT molecular complexity index is 1270. The summed E-state index contributed by atoms with van der Waals surface area (Å²) in [6, 6.07) is 5.48. The molecule has 1 amide bonds. The molecule has 2 fully saturated rings. The number of aromatic amines is 1. The quantitative estimate of drug-likeness (QED) is 0.565. The van der Waals surface area contributed by atoms with Crippen LogP contribution < -0.4 is 11.2 Å². The minimum atomic E-state index is -2.80. The second-order valence-electron chi connectivity index (χ2n) is 8.19. The normalized spacial score (nSPS) is 23.1. The first-order chi connectivity index (χ1) is 15.6. The van der Waals surface area contributed by atoms with Gasteiger partial charge in [-0.15, -0.1) is 0 Å². The van der Waals surface area contributed by atoms with Gasteiger partial charge < -0.3 is 15.5 Å². The number of carbonyl (C=O) groups is 1. The highest BCUT2D eigenvalue weighted by molar-refractivity contribution is 6.03. The second kappa shape index (κ2) is 8.58. The number of nitrogens with two attached hydrogens (primary N) is 1. The van der Waals surface area contributed by atoms with Crippen LogP contribution in [0.25, 0.3) is 10.9 Å². The highest BCUT2D eigenvalue weighted by Crippen LogP contribution is 2.52. The summed E-state index contributed by atoms with van der Waals surface area (Å²) in [6.07, 6.45) is 3.24. The third kappa shape index (κ3) is 4.10. The van der Waals surface area contributed by atoms with Gasteiger partial charge in [0.15, 0.2) is 17.1 Å². The highest BCUT2D eigenvalue weighted by Gasteiger charge is 2.57. The smallest absolute Gasteiger partial charge is 0.276 e. The summed E-state index contributed by atoms with van der Waals surface area (Å²) in [5.74, 6) is -6.38. The molecular weight excluding hydrogens is 442 g/mol. The van der Waals surface area contributed by atoms with Gasteiger partial charge in [-0.2, -0.15) is 0 Å². The van der Waals surface area contributed by atoms with Crippen molar-refractivity contribution in [3.05, 3.63) is 75.3 Å². The van der Waals surface area contributed by atoms with Gasteiger partial charge in [-0.25, -0.2) is 17.6 Å². The minimum Gasteiger partial charge on any atom is -0.371 e. The lowest BCUT2D eigenvalue weighted by atomic mass is 9.89. The number of fused-ring (bicyclic) bond motifs is 2. The van der Waals surface area contributed by atoms with E-state index in [1.165, 1.54) is 31.5 Å². The molecule has 0 bridgehead atoms. The lowest BCUT2D eigenvalue weighted by Gasteiger charge is -2.20. The monoisotopic (exact) mass is 463 g/mol. The molecule has 1 saturated heterocycles. The number of ether oxygens (including phenoxy) is 1. The molecule has 0 spiro atoms. The molecule has 33 heavy (non-hydrogen) atoms. The number of hydrogen-bond donors (Lipinski definition) is 2. The Kier molecular flexibility index (Phi) is 5.96. The van der Waals surface area contributed by atoms with E-state index in [9.17, 15) is 27.2 Å². The predicted octanol–water partition coefficient (Wildman–Crippen LogP) is 3.82. The Labute approximate surface area is 185 Å². The fraction of sp³-hybridized carbons (Fsp3) is 0.348. The molecule has 0 radical (unpaired) electrons. The Balaban J connectivity index is 0.000000165. The number of aromatic nitrogens is 2. The number of amides is 1. The molecule has 6 nitrogen and oxygen atoms in total. The fourth-order valence-corrected chi connectivity index (χ4v) is 4.68. The summed E-state index contributed by atoms with van der Waals surface area (Å²) in [4.78, 5) is 29.0. The first-order valence-electron chi connectivity index (χ1n) is 10.3. The van der Waals surface area contributed by atoms with Gasteiger partial charge >= 0.3 is 0 Å². The van der Waals surface area contributed by atoms with Gasteiger partial charge in [0.25, 0.3) is 11.8 Å². The average molecular weight is 463 g/mol. The maximum absolute atomic E-state index is 13.6. The molecule has 5 rings (SSSR count). The first kappa shape index (κ1) is 22.9. The Morgan fingerprint density at radius 3 is 2.70 bits per heavy atom. The molecule has 1 aromatic carbocycles. The van der Waals surface area contributed by atoms with Gasteiger partial charge in [-0.3, -0.25) is 14.6 Å². The van der Waals surface area contributed by atoms with Crippen molar-refractivity contribution in [1.29, 1.82) is 0 Å². The van der Waals surface area contributed by atoms with Crippen LogP contribution in [-0.2, 0) is 4.74 Å². The summed E-state index contributed by atoms with van der Waals surface area (Å²) in [7, 11) is 0. The van der Waals surface area contributed by atoms with Crippen LogP contribution in [0.3, 0.4) is 0 Å². The van der Waals surface area contributed by atoms with E-state index in [-0.39, 0.29) is 28.0 Å². The number of hydrogen-bond acceptors (Lipinski definition) is 4. The molecule has 3 heterocycles. The summed E-state index contributed by atoms with van der Waals surface area (Å²) >= 11 is 0. The van der Waals surface area contributed by atoms with Crippen LogP contribution >= 0.6 is 0 Å². The number of nitrogens with zero attached hydrogens (tertiary/aromatic N) is 1. The van der Waals surface area contributed by atoms with Crippen molar-refractivity contribution < 1.29 is 27.1 Å². The fourth-order valence-electron chi connectivity index (χ4n) is 4.68. The number of carbonyl (C=O) groups excluding carboxylic acids is 1. The van der Waals surface area contributed by atoms with E-state index in [2.05, 4.69) is 9.97 Å². The van der Waals surface area contributed by atoms with E-state index in [1.807, 2.05) is 0 Å². The van der Waals surface area contributed by atoms with Gasteiger partial charge in [0.2, 0.25) is 0 Å². The van der Waals surface area contributed by atoms with Crippen molar-refractivity contribution in [3.63, 3.8) is 0 Å². The van der Waals surface area contributed by atoms with E-state index < -0.39 is 42.1 Å². The zero-order valence-corrected chi connectivity index (χ0v) is 17.6. The van der Waals surface area contributed by atoms with E-state index in [4.69, 9.17) is 10.5 Å². The average Bonchev–Trinajstić information content (AvgIpc) is 3.33. The SMILES string of the molecule is Cc1c(C2CC[C@H]3[C@@H]2OCC3(F)F)ccc(F)c1F.NC(=O)c1nccc2[nH]ccc(=O)c12. The minimum absolute atomic E-state index is 0.00403. The van der Waals surface area contributed by atoms with Crippen LogP contribution in [0.4, 0.5) is 17.6 Å². The summed E-state index contributed by atoms with van der Waals surface area (Å²) < 4.78 is 59.1. The van der Waals surface area contributed by atoms with Gasteiger partial charge in [-0.05, 0) is 43.0 Å². The van der Waals surface area contributed by atoms with Crippen LogP contribution in [0.1, 0.15) is 40.4 Å². The number of benzene rings is 1. The molecule has 1 saturated carbocycles. The maximum Gasteiger partial charge on any atom is 0.276 e. The van der Waals surface area contributed by atoms with Gasteiger partial charge in [0.05, 0.1) is 22.9 Å². The van der Waals surface area contributed by atoms with Gasteiger partial charge in [0.1, 0.15) is 12.3 Å². The maximum atomic E-state index is 13.6. The van der Waals surface area contributed by atoms with Crippen molar-refractivity contribution in [3.8, 4) is 0 Å². The first-order valence-corrected chi connectivity index (χ1v) is 10.3. The highest BCUT2D eigenvalue weighted by atomic mass is 19.3. The molecule has 1 aliphatic carbocycles. The number of halogens is 4. The molecule has 2 aromatic heterocycles. The van der Waals surface area contributed by atoms with Crippen molar-refractivity contribution in [2.75, 3.05) is 6.61 Å². The van der Waals surface area contributed by atoms with Crippen molar-refractivity contribution in [1.82, 2.24) is 9.97 Å². The molecule has 3 atom stereocenters. The topological polar surface area (TPSA) is 98.1 Å². The summed E-state index contributed by atoms with van der Waals surface area (Å²) in [5, 5.41) is 0.238. The van der Waals surface area contributed by atoms with E-state index in [1.54, 1.807) is 6.07 Å². The van der Waals surface area contributed by atoms with E-state index in [0.29, 0.717) is 23.9 Å². The standard InChI is InChI=1S/C14H14F4O.C9H7N3O2/c1-7-8(3-5-11(15)12(7)16)9-2-4-10-13(9)19-6-14(10,17)18;10-9(14)8-7-5(1-3-12-8)11-4-2-6(7)13/h3,5,9-10,13H,2,4,6H2,1H3;1-4H,(H2,10,14)(H,11,13)/t9?,10-,13+;/m0./s1. The van der Waals surface area contributed by atoms with Crippen LogP contribution in [0.2, 0.25) is 0 Å². The molecule has 3 N–H and O–H groups in total. The lowest BCUT2D eigenvalue weighted by Crippen LogP contribution is -2.27. The van der Waals surface area contributed by atoms with Crippen LogP contribution in [0.5, 0.6) is 0 Å². The molecule has 1 aliphatic heterocycles. The number of H-pyrrole nitrogens is 1. The van der Waals surface area contributed by atoms with E-state index in [0.717, 1.165) is 6.07 Å². The zero-order valence-electron chi connectivity index (χ0n) is 17.6. The molecule has 174 valence electrons. The van der Waals surface area contributed by atoms with Crippen molar-refractivity contribution in [2.45, 2.75) is 37.7 Å². The Hall–Kier alpha value is -3.27. The Morgan fingerprint density at radius 2 is 1.97 bits per heavy atom. The Morgan fingerprint density at radius 1 is 1.21 bits per heavy atom. The summed E-state index contributed by atoms with van der Waals surface area (Å²) in [6.45, 7) is 0.912. The number of rotatable bonds is 2. The van der Waals surface area contributed by atoms with Crippen LogP contribution in [0, 0.1) is 24.5 Å². The largest absolute Gasteiger partial charge is 0.371 e. The second-order valence-corrected chi connectivity index (χ2v) is 8.19. The number of alkyl halides is 2. The van der Waals surface area contributed by atoms with Gasteiger partial charge in [0, 0.05) is 24.4 Å². The molecule has 3 aromatic rings. The van der Waals surface area contributed by atoms with Crippen molar-refractivity contribution >= 4 is 16.8 Å². The van der Waals surface area contributed by atoms with Crippen LogP contribution in [-0.4, -0.2) is 34.5 Å². The number of primary amides is 1. The molecular formula is C23H21F4N3O3. The van der Waals surface area contributed by atoms with Crippen molar-refractivity contribution in [2.24, 2.45) is 11.7 Å². The van der Waals surface area contributed by atoms with E-state index >= 15 is 0 Å². The third-order valence-corrected chi connectivity index (χ3v) is 6.28.